The highest BCUT2D eigenvalue weighted by atomic mass is 32.2. The second kappa shape index (κ2) is 5.08. The minimum absolute atomic E-state index is 0.205. The summed E-state index contributed by atoms with van der Waals surface area (Å²) in [6, 6.07) is 0. The summed E-state index contributed by atoms with van der Waals surface area (Å²) in [6.45, 7) is 7.21. The Bertz CT molecular complexity index is 206. The van der Waals surface area contributed by atoms with Crippen LogP contribution in [0.5, 0.6) is 0 Å². The van der Waals surface area contributed by atoms with Crippen molar-refractivity contribution in [3.05, 3.63) is 11.8 Å². The highest BCUT2D eigenvalue weighted by Gasteiger charge is 2.18. The average Bonchev–Trinajstić information content (AvgIpc) is 2.14. The Morgan fingerprint density at radius 1 is 1.57 bits per heavy atom. The maximum Gasteiger partial charge on any atom is 0.121 e. The van der Waals surface area contributed by atoms with Gasteiger partial charge in [-0.15, -0.1) is 0 Å². The van der Waals surface area contributed by atoms with Crippen molar-refractivity contribution in [1.82, 2.24) is 0 Å². The Labute approximate surface area is 90.7 Å². The predicted octanol–water partition coefficient (Wildman–Crippen LogP) is 2.57. The monoisotopic (exact) mass is 216 g/mol. The zero-order valence-electron chi connectivity index (χ0n) is 9.25. The number of aliphatic hydroxyl groups is 1. The zero-order valence-corrected chi connectivity index (χ0v) is 10.1. The molecule has 0 amide bonds. The summed E-state index contributed by atoms with van der Waals surface area (Å²) >= 11 is 1.76. The van der Waals surface area contributed by atoms with Crippen molar-refractivity contribution < 1.29 is 9.84 Å². The lowest BCUT2D eigenvalue weighted by Crippen LogP contribution is -2.21. The first-order valence-electron chi connectivity index (χ1n) is 5.14. The molecule has 0 aromatic heterocycles. The Hall–Kier alpha value is -0.150. The maximum atomic E-state index is 9.82. The van der Waals surface area contributed by atoms with Crippen LogP contribution in [0.1, 0.15) is 33.6 Å². The van der Waals surface area contributed by atoms with Crippen LogP contribution >= 0.6 is 11.8 Å². The summed E-state index contributed by atoms with van der Waals surface area (Å²) in [5.74, 6) is 1.49. The molecular weight excluding hydrogens is 196 g/mol. The highest BCUT2D eigenvalue weighted by Crippen LogP contribution is 2.26. The van der Waals surface area contributed by atoms with E-state index in [2.05, 4.69) is 20.8 Å². The van der Waals surface area contributed by atoms with E-state index in [9.17, 15) is 5.11 Å². The van der Waals surface area contributed by atoms with Crippen LogP contribution in [0.4, 0.5) is 0 Å². The number of hydrogen-bond donors (Lipinski definition) is 1. The van der Waals surface area contributed by atoms with Gasteiger partial charge in [-0.25, -0.2) is 0 Å². The quantitative estimate of drug-likeness (QED) is 0.786. The number of hydrogen-bond acceptors (Lipinski definition) is 3. The Balaban J connectivity index is 2.34. The van der Waals surface area contributed by atoms with E-state index in [0.29, 0.717) is 0 Å². The van der Waals surface area contributed by atoms with Gasteiger partial charge in [0.2, 0.25) is 0 Å². The zero-order chi connectivity index (χ0) is 10.6. The smallest absolute Gasteiger partial charge is 0.121 e. The van der Waals surface area contributed by atoms with Gasteiger partial charge in [-0.1, -0.05) is 20.8 Å². The number of aliphatic hydroxyl groups excluding tert-OH is 1. The Morgan fingerprint density at radius 3 is 2.79 bits per heavy atom. The van der Waals surface area contributed by atoms with Crippen LogP contribution in [-0.2, 0) is 4.74 Å². The molecular formula is C11H20O2S. The van der Waals surface area contributed by atoms with Crippen molar-refractivity contribution in [2.24, 2.45) is 0 Å². The first kappa shape index (κ1) is 11.9. The lowest BCUT2D eigenvalue weighted by atomic mass is 10.2. The lowest BCUT2D eigenvalue weighted by molar-refractivity contribution is 0.104. The molecule has 3 heteroatoms. The molecule has 14 heavy (non-hydrogen) atoms. The van der Waals surface area contributed by atoms with E-state index < -0.39 is 6.10 Å². The summed E-state index contributed by atoms with van der Waals surface area (Å²) in [6.07, 6.45) is 3.69. The summed E-state index contributed by atoms with van der Waals surface area (Å²) < 4.78 is 5.61. The van der Waals surface area contributed by atoms with Crippen molar-refractivity contribution in [3.63, 3.8) is 0 Å². The Kier molecular flexibility index (Phi) is 4.32. The second-order valence-corrected chi connectivity index (χ2v) is 6.38. The number of allylic oxidation sites excluding steroid dienone is 1. The molecule has 0 spiro atoms. The molecule has 1 N–H and O–H groups in total. The van der Waals surface area contributed by atoms with E-state index in [1.807, 2.05) is 6.08 Å². The SMILES string of the molecule is CC(C)(C)SCC(O)C1=CCCCO1. The van der Waals surface area contributed by atoms with E-state index in [-0.39, 0.29) is 4.75 Å². The molecule has 1 heterocycles. The normalized spacial score (nSPS) is 19.9. The van der Waals surface area contributed by atoms with E-state index in [1.165, 1.54) is 0 Å². The third-order valence-electron chi connectivity index (χ3n) is 1.97. The lowest BCUT2D eigenvalue weighted by Gasteiger charge is -2.23. The van der Waals surface area contributed by atoms with Crippen LogP contribution in [0.15, 0.2) is 11.8 Å². The van der Waals surface area contributed by atoms with Crippen LogP contribution < -0.4 is 0 Å². The molecule has 82 valence electrons. The van der Waals surface area contributed by atoms with E-state index in [1.54, 1.807) is 11.8 Å². The van der Waals surface area contributed by atoms with Gasteiger partial charge in [-0.2, -0.15) is 11.8 Å². The van der Waals surface area contributed by atoms with Gasteiger partial charge in [0.15, 0.2) is 0 Å². The van der Waals surface area contributed by atoms with Crippen LogP contribution in [0.3, 0.4) is 0 Å². The number of rotatable bonds is 3. The highest BCUT2D eigenvalue weighted by molar-refractivity contribution is 8.00. The minimum atomic E-state index is -0.431. The van der Waals surface area contributed by atoms with Crippen molar-refractivity contribution in [3.8, 4) is 0 Å². The number of thioether (sulfide) groups is 1. The summed E-state index contributed by atoms with van der Waals surface area (Å²) in [5.41, 5.74) is 0. The molecule has 1 unspecified atom stereocenters. The van der Waals surface area contributed by atoms with Gasteiger partial charge in [-0.05, 0) is 18.9 Å². The molecule has 1 aliphatic rings. The van der Waals surface area contributed by atoms with Gasteiger partial charge in [0.05, 0.1) is 6.61 Å². The third kappa shape index (κ3) is 4.38. The van der Waals surface area contributed by atoms with E-state index >= 15 is 0 Å². The molecule has 0 radical (unpaired) electrons. The fourth-order valence-corrected chi connectivity index (χ4v) is 2.04. The molecule has 1 atom stereocenters. The minimum Gasteiger partial charge on any atom is -0.495 e. The molecule has 2 nitrogen and oxygen atoms in total. The van der Waals surface area contributed by atoms with Gasteiger partial charge < -0.3 is 9.84 Å². The van der Waals surface area contributed by atoms with E-state index in [0.717, 1.165) is 31.0 Å². The van der Waals surface area contributed by atoms with Crippen LogP contribution in [0.25, 0.3) is 0 Å². The van der Waals surface area contributed by atoms with E-state index in [4.69, 9.17) is 4.74 Å². The van der Waals surface area contributed by atoms with Gasteiger partial charge >= 0.3 is 0 Å². The van der Waals surface area contributed by atoms with Crippen molar-refractivity contribution in [1.29, 1.82) is 0 Å². The molecule has 0 fully saturated rings. The van der Waals surface area contributed by atoms with Crippen LogP contribution in [0.2, 0.25) is 0 Å². The second-order valence-electron chi connectivity index (χ2n) is 4.54. The van der Waals surface area contributed by atoms with Gasteiger partial charge in [-0.3, -0.25) is 0 Å². The Morgan fingerprint density at radius 2 is 2.29 bits per heavy atom. The topological polar surface area (TPSA) is 29.5 Å². The van der Waals surface area contributed by atoms with Gasteiger partial charge in [0.1, 0.15) is 11.9 Å². The van der Waals surface area contributed by atoms with Crippen molar-refractivity contribution in [2.45, 2.75) is 44.5 Å². The van der Waals surface area contributed by atoms with Gasteiger partial charge in [0, 0.05) is 10.5 Å². The maximum absolute atomic E-state index is 9.82. The standard InChI is InChI=1S/C11H20O2S/c1-11(2,3)14-8-9(12)10-6-4-5-7-13-10/h6,9,12H,4-5,7-8H2,1-3H3. The summed E-state index contributed by atoms with van der Waals surface area (Å²) in [4.78, 5) is 0. The van der Waals surface area contributed by atoms with Crippen LogP contribution in [-0.4, -0.2) is 28.3 Å². The number of ether oxygens (including phenoxy) is 1. The van der Waals surface area contributed by atoms with Gasteiger partial charge in [0.25, 0.3) is 0 Å². The first-order valence-corrected chi connectivity index (χ1v) is 6.12. The fraction of sp³-hybridized carbons (Fsp3) is 0.818. The van der Waals surface area contributed by atoms with Crippen LogP contribution in [0, 0.1) is 0 Å². The summed E-state index contributed by atoms with van der Waals surface area (Å²) in [7, 11) is 0. The molecule has 0 aromatic rings. The first-order chi connectivity index (χ1) is 6.49. The molecule has 0 saturated heterocycles. The molecule has 0 saturated carbocycles. The largest absolute Gasteiger partial charge is 0.495 e. The average molecular weight is 216 g/mol. The van der Waals surface area contributed by atoms with Crippen molar-refractivity contribution >= 4 is 11.8 Å². The van der Waals surface area contributed by atoms with Crippen molar-refractivity contribution in [2.75, 3.05) is 12.4 Å². The summed E-state index contributed by atoms with van der Waals surface area (Å²) in [5, 5.41) is 9.82. The third-order valence-corrected chi connectivity index (χ3v) is 3.31. The molecule has 0 bridgehead atoms. The predicted molar refractivity (Wildman–Crippen MR) is 61.5 cm³/mol. The molecule has 0 aliphatic carbocycles. The molecule has 1 rings (SSSR count). The molecule has 0 aromatic carbocycles. The molecule has 1 aliphatic heterocycles. The fourth-order valence-electron chi connectivity index (χ4n) is 1.22.